The van der Waals surface area contributed by atoms with E-state index >= 15 is 0 Å². The Morgan fingerprint density at radius 3 is 2.68 bits per heavy atom. The third-order valence-electron chi connectivity index (χ3n) is 3.64. The molecule has 1 amide bonds. The van der Waals surface area contributed by atoms with Gasteiger partial charge in [0, 0.05) is 19.7 Å². The number of nitriles is 1. The van der Waals surface area contributed by atoms with E-state index in [0.29, 0.717) is 16.7 Å². The molecule has 0 aromatic heterocycles. The predicted octanol–water partition coefficient (Wildman–Crippen LogP) is 3.02. The van der Waals surface area contributed by atoms with Gasteiger partial charge in [0.1, 0.15) is 0 Å². The molecule has 126 valence electrons. The molecule has 5 heteroatoms. The number of hydrogen-bond acceptors (Lipinski definition) is 4. The van der Waals surface area contributed by atoms with Gasteiger partial charge in [0.2, 0.25) is 5.91 Å². The van der Waals surface area contributed by atoms with Crippen LogP contribution in [0.25, 0.3) is 6.08 Å². The van der Waals surface area contributed by atoms with Crippen molar-refractivity contribution in [2.45, 2.75) is 6.54 Å². The van der Waals surface area contributed by atoms with E-state index in [2.05, 4.69) is 6.07 Å². The van der Waals surface area contributed by atoms with Crippen LogP contribution in [-0.2, 0) is 16.1 Å². The molecule has 0 saturated heterocycles. The highest BCUT2D eigenvalue weighted by molar-refractivity contribution is 5.93. The van der Waals surface area contributed by atoms with E-state index < -0.39 is 5.97 Å². The number of carbonyl (C=O) groups is 2. The van der Waals surface area contributed by atoms with E-state index in [4.69, 9.17) is 10.00 Å². The zero-order valence-electron chi connectivity index (χ0n) is 14.1. The minimum absolute atomic E-state index is 0.206. The molecule has 0 spiro atoms. The van der Waals surface area contributed by atoms with Crippen LogP contribution in [0, 0.1) is 11.3 Å². The topological polar surface area (TPSA) is 70.4 Å². The van der Waals surface area contributed by atoms with Crippen LogP contribution in [0.2, 0.25) is 0 Å². The smallest absolute Gasteiger partial charge is 0.338 e. The lowest BCUT2D eigenvalue weighted by molar-refractivity contribution is -0.125. The maximum Gasteiger partial charge on any atom is 0.338 e. The Morgan fingerprint density at radius 2 is 1.96 bits per heavy atom. The van der Waals surface area contributed by atoms with Crippen LogP contribution in [0.15, 0.2) is 54.6 Å². The number of methoxy groups -OCH3 is 1. The molecule has 0 atom stereocenters. The highest BCUT2D eigenvalue weighted by atomic mass is 16.5. The third kappa shape index (κ3) is 4.79. The summed E-state index contributed by atoms with van der Waals surface area (Å²) in [4.78, 5) is 25.6. The molecule has 2 aromatic carbocycles. The normalized spacial score (nSPS) is 10.3. The van der Waals surface area contributed by atoms with Crippen LogP contribution in [-0.4, -0.2) is 30.9 Å². The van der Waals surface area contributed by atoms with Crippen molar-refractivity contribution in [1.82, 2.24) is 4.90 Å². The van der Waals surface area contributed by atoms with Gasteiger partial charge in [-0.2, -0.15) is 5.26 Å². The first-order valence-electron chi connectivity index (χ1n) is 7.64. The molecule has 2 aromatic rings. The molecule has 25 heavy (non-hydrogen) atoms. The quantitative estimate of drug-likeness (QED) is 0.622. The van der Waals surface area contributed by atoms with Gasteiger partial charge in [-0.15, -0.1) is 0 Å². The molecule has 0 fully saturated rings. The van der Waals surface area contributed by atoms with E-state index in [1.54, 1.807) is 49.5 Å². The Labute approximate surface area is 146 Å². The monoisotopic (exact) mass is 334 g/mol. The zero-order valence-corrected chi connectivity index (χ0v) is 14.1. The van der Waals surface area contributed by atoms with Gasteiger partial charge in [-0.3, -0.25) is 4.79 Å². The summed E-state index contributed by atoms with van der Waals surface area (Å²) in [7, 11) is 2.98. The van der Waals surface area contributed by atoms with Crippen molar-refractivity contribution in [1.29, 1.82) is 5.26 Å². The van der Waals surface area contributed by atoms with Gasteiger partial charge in [-0.05, 0) is 35.4 Å². The molecule has 0 N–H and O–H groups in total. The fourth-order valence-electron chi connectivity index (χ4n) is 2.31. The SMILES string of the molecule is COC(=O)c1ccccc1CN(C)C(=O)/C=C\c1cccc(C#N)c1. The maximum atomic E-state index is 12.3. The second-order valence-electron chi connectivity index (χ2n) is 5.41. The van der Waals surface area contributed by atoms with E-state index in [0.717, 1.165) is 5.56 Å². The minimum Gasteiger partial charge on any atom is -0.465 e. The van der Waals surface area contributed by atoms with Gasteiger partial charge in [0.25, 0.3) is 0 Å². The van der Waals surface area contributed by atoms with Crippen molar-refractivity contribution in [3.05, 3.63) is 76.9 Å². The van der Waals surface area contributed by atoms with Crippen molar-refractivity contribution in [2.24, 2.45) is 0 Å². The maximum absolute atomic E-state index is 12.3. The van der Waals surface area contributed by atoms with Gasteiger partial charge in [-0.25, -0.2) is 4.79 Å². The van der Waals surface area contributed by atoms with Crippen molar-refractivity contribution < 1.29 is 14.3 Å². The third-order valence-corrected chi connectivity index (χ3v) is 3.64. The first kappa shape index (κ1) is 18.0. The highest BCUT2D eigenvalue weighted by Gasteiger charge is 2.14. The largest absolute Gasteiger partial charge is 0.465 e. The zero-order chi connectivity index (χ0) is 18.2. The first-order chi connectivity index (χ1) is 12.0. The summed E-state index contributed by atoms with van der Waals surface area (Å²) < 4.78 is 4.76. The van der Waals surface area contributed by atoms with Crippen LogP contribution in [0.3, 0.4) is 0 Å². The standard InChI is InChI=1S/C20H18N2O3/c1-22(14-17-8-3-4-9-18(17)20(24)25-2)19(23)11-10-15-6-5-7-16(12-15)13-21/h3-12H,14H2,1-2H3/b11-10-. The lowest BCUT2D eigenvalue weighted by atomic mass is 10.1. The van der Waals surface area contributed by atoms with Gasteiger partial charge in [0.15, 0.2) is 0 Å². The highest BCUT2D eigenvalue weighted by Crippen LogP contribution is 2.13. The van der Waals surface area contributed by atoms with E-state index in [1.807, 2.05) is 12.1 Å². The predicted molar refractivity (Wildman–Crippen MR) is 94.4 cm³/mol. The molecule has 0 heterocycles. The summed E-state index contributed by atoms with van der Waals surface area (Å²) in [5, 5.41) is 8.90. The molecule has 5 nitrogen and oxygen atoms in total. The second kappa shape index (κ2) is 8.46. The summed E-state index contributed by atoms with van der Waals surface area (Å²) in [6, 6.07) is 16.1. The molecule has 0 saturated carbocycles. The molecule has 0 radical (unpaired) electrons. The van der Waals surface area contributed by atoms with Crippen LogP contribution in [0.5, 0.6) is 0 Å². The lowest BCUT2D eigenvalue weighted by Gasteiger charge is -2.17. The Bertz CT molecular complexity index is 850. The van der Waals surface area contributed by atoms with Crippen molar-refractivity contribution >= 4 is 18.0 Å². The number of hydrogen-bond donors (Lipinski definition) is 0. The van der Waals surface area contributed by atoms with Crippen LogP contribution in [0.1, 0.15) is 27.0 Å². The molecule has 0 aliphatic carbocycles. The molecule has 0 unspecified atom stereocenters. The summed E-state index contributed by atoms with van der Waals surface area (Å²) >= 11 is 0. The summed E-state index contributed by atoms with van der Waals surface area (Å²) in [5.74, 6) is -0.637. The van der Waals surface area contributed by atoms with Gasteiger partial charge in [0.05, 0.1) is 24.3 Å². The average Bonchev–Trinajstić information content (AvgIpc) is 2.66. The summed E-state index contributed by atoms with van der Waals surface area (Å²) in [6.07, 6.45) is 3.10. The first-order valence-corrected chi connectivity index (χ1v) is 7.64. The van der Waals surface area contributed by atoms with Crippen LogP contribution < -0.4 is 0 Å². The number of amides is 1. The summed E-state index contributed by atoms with van der Waals surface area (Å²) in [5.41, 5.74) is 2.46. The van der Waals surface area contributed by atoms with Gasteiger partial charge in [-0.1, -0.05) is 30.3 Å². The number of ether oxygens (including phenoxy) is 1. The fraction of sp³-hybridized carbons (Fsp3) is 0.150. The van der Waals surface area contributed by atoms with Crippen LogP contribution in [0.4, 0.5) is 0 Å². The number of esters is 1. The van der Waals surface area contributed by atoms with Gasteiger partial charge >= 0.3 is 5.97 Å². The molecule has 0 aliphatic heterocycles. The van der Waals surface area contributed by atoms with E-state index in [-0.39, 0.29) is 12.5 Å². The molecule has 0 bridgehead atoms. The number of benzene rings is 2. The average molecular weight is 334 g/mol. The lowest BCUT2D eigenvalue weighted by Crippen LogP contribution is -2.25. The van der Waals surface area contributed by atoms with Crippen molar-refractivity contribution in [3.63, 3.8) is 0 Å². The Morgan fingerprint density at radius 1 is 1.20 bits per heavy atom. The second-order valence-corrected chi connectivity index (χ2v) is 5.41. The Kier molecular flexibility index (Phi) is 6.08. The van der Waals surface area contributed by atoms with Crippen molar-refractivity contribution in [3.8, 4) is 6.07 Å². The molecule has 0 aliphatic rings. The van der Waals surface area contributed by atoms with Gasteiger partial charge < -0.3 is 9.64 Å². The number of rotatable bonds is 5. The van der Waals surface area contributed by atoms with Crippen LogP contribution >= 0.6 is 0 Å². The Balaban J connectivity index is 2.09. The number of likely N-dealkylation sites (N-methyl/N-ethyl adjacent to an activating group) is 1. The fourth-order valence-corrected chi connectivity index (χ4v) is 2.31. The number of carbonyl (C=O) groups excluding carboxylic acids is 2. The van der Waals surface area contributed by atoms with E-state index in [9.17, 15) is 9.59 Å². The molecular formula is C20H18N2O3. The summed E-state index contributed by atoms with van der Waals surface area (Å²) in [6.45, 7) is 0.284. The minimum atomic E-state index is -0.430. The van der Waals surface area contributed by atoms with Crippen molar-refractivity contribution in [2.75, 3.05) is 14.2 Å². The molecular weight excluding hydrogens is 316 g/mol. The molecule has 2 rings (SSSR count). The number of nitrogens with zero attached hydrogens (tertiary/aromatic N) is 2. The Hall–Kier alpha value is -3.39. The van der Waals surface area contributed by atoms with E-state index in [1.165, 1.54) is 18.1 Å².